The van der Waals surface area contributed by atoms with Gasteiger partial charge in [-0.15, -0.1) is 11.3 Å². The van der Waals surface area contributed by atoms with Crippen molar-refractivity contribution in [2.24, 2.45) is 0 Å². The van der Waals surface area contributed by atoms with Crippen LogP contribution in [0.4, 0.5) is 0 Å². The summed E-state index contributed by atoms with van der Waals surface area (Å²) in [5.74, 6) is -0.334. The fourth-order valence-electron chi connectivity index (χ4n) is 1.82. The second kappa shape index (κ2) is 8.93. The summed E-state index contributed by atoms with van der Waals surface area (Å²) < 4.78 is 6.37. The fourth-order valence-corrected chi connectivity index (χ4v) is 2.94. The van der Waals surface area contributed by atoms with Crippen molar-refractivity contribution in [2.75, 3.05) is 0 Å². The molecule has 0 aliphatic heterocycles. The van der Waals surface area contributed by atoms with E-state index >= 15 is 0 Å². The number of hydrazine groups is 1. The predicted octanol–water partition coefficient (Wildman–Crippen LogP) is 3.25. The molecule has 0 saturated heterocycles. The summed E-state index contributed by atoms with van der Waals surface area (Å²) in [6, 6.07) is 8.57. The van der Waals surface area contributed by atoms with Crippen molar-refractivity contribution in [3.63, 3.8) is 0 Å². The van der Waals surface area contributed by atoms with E-state index in [1.807, 2.05) is 13.8 Å². The average Bonchev–Trinajstić information content (AvgIpc) is 3.08. The lowest BCUT2D eigenvalue weighted by molar-refractivity contribution is 0.0936. The highest BCUT2D eigenvalue weighted by atomic mass is 79.9. The van der Waals surface area contributed by atoms with Crippen molar-refractivity contribution in [2.45, 2.75) is 20.0 Å². The summed E-state index contributed by atoms with van der Waals surface area (Å²) in [6.07, 6.45) is -0.0807. The summed E-state index contributed by atoms with van der Waals surface area (Å²) in [5.41, 5.74) is 5.26. The molecule has 1 aromatic carbocycles. The Balaban J connectivity index is 1.98. The zero-order valence-corrected chi connectivity index (χ0v) is 16.7. The third-order valence-corrected chi connectivity index (χ3v) is 4.38. The molecule has 1 aromatic heterocycles. The third-order valence-electron chi connectivity index (χ3n) is 2.81. The van der Waals surface area contributed by atoms with Crippen LogP contribution in [0.1, 0.15) is 33.9 Å². The van der Waals surface area contributed by atoms with Crippen molar-refractivity contribution < 1.29 is 14.3 Å². The Bertz CT molecular complexity index is 779. The third kappa shape index (κ3) is 5.80. The summed E-state index contributed by atoms with van der Waals surface area (Å²) in [7, 11) is 0. The molecule has 0 fully saturated rings. The molecule has 0 unspecified atom stereocenters. The Labute approximate surface area is 163 Å². The molecule has 0 aliphatic carbocycles. The Morgan fingerprint density at radius 3 is 2.60 bits per heavy atom. The molecule has 0 aliphatic rings. The molecule has 2 rings (SSSR count). The highest BCUT2D eigenvalue weighted by Gasteiger charge is 2.16. The van der Waals surface area contributed by atoms with Gasteiger partial charge in [0.15, 0.2) is 5.11 Å². The number of amides is 2. The van der Waals surface area contributed by atoms with Gasteiger partial charge in [-0.3, -0.25) is 25.8 Å². The van der Waals surface area contributed by atoms with Gasteiger partial charge in [0.1, 0.15) is 5.75 Å². The lowest BCUT2D eigenvalue weighted by Crippen LogP contribution is -2.48. The molecule has 6 nitrogen and oxygen atoms in total. The topological polar surface area (TPSA) is 79.5 Å². The van der Waals surface area contributed by atoms with E-state index in [1.54, 1.807) is 35.7 Å². The molecule has 9 heteroatoms. The van der Waals surface area contributed by atoms with E-state index in [9.17, 15) is 9.59 Å². The minimum atomic E-state index is -0.445. The molecule has 25 heavy (non-hydrogen) atoms. The van der Waals surface area contributed by atoms with Crippen LogP contribution in [0.5, 0.6) is 5.75 Å². The summed E-state index contributed by atoms with van der Waals surface area (Å²) in [6.45, 7) is 3.74. The molecular weight excluding hydrogens is 426 g/mol. The molecule has 132 valence electrons. The van der Waals surface area contributed by atoms with Gasteiger partial charge in [-0.25, -0.2) is 0 Å². The van der Waals surface area contributed by atoms with Crippen LogP contribution in [0.2, 0.25) is 0 Å². The van der Waals surface area contributed by atoms with Gasteiger partial charge in [0.25, 0.3) is 11.8 Å². The van der Waals surface area contributed by atoms with E-state index in [2.05, 4.69) is 32.1 Å². The number of thiophene rings is 1. The lowest BCUT2D eigenvalue weighted by Gasteiger charge is -2.15. The van der Waals surface area contributed by atoms with E-state index in [-0.39, 0.29) is 17.1 Å². The highest BCUT2D eigenvalue weighted by Crippen LogP contribution is 2.24. The van der Waals surface area contributed by atoms with Gasteiger partial charge in [0.05, 0.1) is 16.5 Å². The van der Waals surface area contributed by atoms with E-state index in [0.717, 1.165) is 4.47 Å². The molecule has 0 radical (unpaired) electrons. The van der Waals surface area contributed by atoms with Crippen LogP contribution < -0.4 is 20.9 Å². The molecule has 0 spiro atoms. The van der Waals surface area contributed by atoms with Crippen molar-refractivity contribution in [3.8, 4) is 5.75 Å². The monoisotopic (exact) mass is 441 g/mol. The van der Waals surface area contributed by atoms with E-state index in [1.165, 1.54) is 11.3 Å². The summed E-state index contributed by atoms with van der Waals surface area (Å²) in [5, 5.41) is 4.27. The quantitative estimate of drug-likeness (QED) is 0.501. The van der Waals surface area contributed by atoms with Crippen LogP contribution in [-0.2, 0) is 0 Å². The Hall–Kier alpha value is -1.97. The number of carbonyl (C=O) groups excluding carboxylic acids is 2. The number of rotatable bonds is 4. The molecule has 3 N–H and O–H groups in total. The Morgan fingerprint density at radius 1 is 1.20 bits per heavy atom. The lowest BCUT2D eigenvalue weighted by atomic mass is 10.2. The number of halogens is 1. The van der Waals surface area contributed by atoms with Gasteiger partial charge >= 0.3 is 0 Å². The number of benzene rings is 1. The number of hydrogen-bond donors (Lipinski definition) is 3. The van der Waals surface area contributed by atoms with Crippen LogP contribution in [0.25, 0.3) is 0 Å². The minimum absolute atomic E-state index is 0.0228. The van der Waals surface area contributed by atoms with Crippen LogP contribution in [-0.4, -0.2) is 23.0 Å². The van der Waals surface area contributed by atoms with Crippen molar-refractivity contribution in [1.29, 1.82) is 0 Å². The Morgan fingerprint density at radius 2 is 1.96 bits per heavy atom. The van der Waals surface area contributed by atoms with Crippen LogP contribution >= 0.6 is 39.5 Å². The fraction of sp³-hybridized carbons (Fsp3) is 0.188. The van der Waals surface area contributed by atoms with E-state index in [0.29, 0.717) is 16.2 Å². The van der Waals surface area contributed by atoms with Crippen molar-refractivity contribution in [3.05, 3.63) is 50.6 Å². The normalized spacial score (nSPS) is 10.2. The van der Waals surface area contributed by atoms with Gasteiger partial charge in [0, 0.05) is 4.47 Å². The zero-order chi connectivity index (χ0) is 18.4. The van der Waals surface area contributed by atoms with Gasteiger partial charge in [-0.1, -0.05) is 22.0 Å². The highest BCUT2D eigenvalue weighted by molar-refractivity contribution is 9.10. The van der Waals surface area contributed by atoms with Gasteiger partial charge in [-0.05, 0) is 55.7 Å². The van der Waals surface area contributed by atoms with E-state index < -0.39 is 5.91 Å². The first-order valence-electron chi connectivity index (χ1n) is 7.28. The molecule has 0 atom stereocenters. The molecule has 2 aromatic rings. The van der Waals surface area contributed by atoms with Gasteiger partial charge < -0.3 is 4.74 Å². The number of nitrogens with one attached hydrogen (secondary N) is 3. The molecule has 2 amide bonds. The largest absolute Gasteiger partial charge is 0.490 e. The van der Waals surface area contributed by atoms with Crippen LogP contribution in [0, 0.1) is 0 Å². The summed E-state index contributed by atoms with van der Waals surface area (Å²) >= 11 is 9.66. The smallest absolute Gasteiger partial charge is 0.279 e. The summed E-state index contributed by atoms with van der Waals surface area (Å²) in [4.78, 5) is 24.8. The second-order valence-electron chi connectivity index (χ2n) is 5.15. The maximum atomic E-state index is 12.4. The zero-order valence-electron chi connectivity index (χ0n) is 13.5. The maximum absolute atomic E-state index is 12.4. The average molecular weight is 442 g/mol. The first-order valence-corrected chi connectivity index (χ1v) is 9.36. The molecule has 1 heterocycles. The second-order valence-corrected chi connectivity index (χ2v) is 7.42. The minimum Gasteiger partial charge on any atom is -0.490 e. The van der Waals surface area contributed by atoms with Crippen molar-refractivity contribution >= 4 is 56.4 Å². The first kappa shape index (κ1) is 19.4. The maximum Gasteiger partial charge on any atom is 0.279 e. The predicted molar refractivity (Wildman–Crippen MR) is 105 cm³/mol. The number of carbonyl (C=O) groups is 2. The SMILES string of the molecule is CC(C)Oc1ccc(Br)cc1C(=O)NC(=S)NNC(=O)c1cccs1. The van der Waals surface area contributed by atoms with Crippen LogP contribution in [0.3, 0.4) is 0 Å². The number of ether oxygens (including phenoxy) is 1. The van der Waals surface area contributed by atoms with Crippen molar-refractivity contribution in [1.82, 2.24) is 16.2 Å². The first-order chi connectivity index (χ1) is 11.9. The van der Waals surface area contributed by atoms with Gasteiger partial charge in [-0.2, -0.15) is 0 Å². The number of thiocarbonyl (C=S) groups is 1. The standard InChI is InChI=1S/C16H16BrN3O3S2/c1-9(2)23-12-6-5-10(17)8-11(12)14(21)18-16(24)20-19-15(22)13-4-3-7-25-13/h3-9H,1-2H3,(H,19,22)(H2,18,20,21,24). The van der Waals surface area contributed by atoms with E-state index in [4.69, 9.17) is 17.0 Å². The van der Waals surface area contributed by atoms with Crippen LogP contribution in [0.15, 0.2) is 40.2 Å². The molecule has 0 bridgehead atoms. The van der Waals surface area contributed by atoms with Gasteiger partial charge in [0.2, 0.25) is 0 Å². The molecular formula is C16H16BrN3O3S2. The number of hydrogen-bond acceptors (Lipinski definition) is 5. The molecule has 0 saturated carbocycles. The Kier molecular flexibility index (Phi) is 6.91.